The second-order valence-electron chi connectivity index (χ2n) is 12.6. The van der Waals surface area contributed by atoms with Crippen LogP contribution in [0.5, 0.6) is 0 Å². The van der Waals surface area contributed by atoms with Crippen molar-refractivity contribution in [1.82, 2.24) is 20.4 Å². The number of carbonyl (C=O) groups is 2. The number of carbonyl (C=O) groups excluding carboxylic acids is 2. The summed E-state index contributed by atoms with van der Waals surface area (Å²) in [7, 11) is 0. The van der Waals surface area contributed by atoms with Gasteiger partial charge in [0.15, 0.2) is 0 Å². The zero-order valence-electron chi connectivity index (χ0n) is 22.9. The zero-order valence-corrected chi connectivity index (χ0v) is 22.9. The van der Waals surface area contributed by atoms with Crippen LogP contribution in [0, 0.1) is 35.5 Å². The Balaban J connectivity index is 1.39. The van der Waals surface area contributed by atoms with Crippen molar-refractivity contribution in [1.29, 1.82) is 0 Å². The van der Waals surface area contributed by atoms with Crippen LogP contribution in [-0.2, 0) is 14.3 Å². The Kier molecular flexibility index (Phi) is 9.43. The predicted molar refractivity (Wildman–Crippen MR) is 143 cm³/mol. The molecule has 2 saturated carbocycles. The number of fused-ring (bicyclic) bond motifs is 1. The quantitative estimate of drug-likeness (QED) is 0.479. The van der Waals surface area contributed by atoms with Crippen LogP contribution in [0.25, 0.3) is 0 Å². The Morgan fingerprint density at radius 2 is 1.81 bits per heavy atom. The van der Waals surface area contributed by atoms with Gasteiger partial charge in [-0.2, -0.15) is 0 Å². The maximum Gasteiger partial charge on any atom is 0.227 e. The van der Waals surface area contributed by atoms with Crippen molar-refractivity contribution in [2.24, 2.45) is 35.5 Å². The maximum atomic E-state index is 14.2. The van der Waals surface area contributed by atoms with Gasteiger partial charge in [0.1, 0.15) is 0 Å². The zero-order chi connectivity index (χ0) is 25.8. The molecule has 0 bridgehead atoms. The molecule has 5 fully saturated rings. The lowest BCUT2D eigenvalue weighted by atomic mass is 9.61. The lowest BCUT2D eigenvalue weighted by Crippen LogP contribution is -2.68. The van der Waals surface area contributed by atoms with E-state index in [9.17, 15) is 14.7 Å². The first kappa shape index (κ1) is 27.4. The number of likely N-dealkylation sites (tertiary alicyclic amines) is 1. The number of hydrogen-bond acceptors (Lipinski definition) is 6. The lowest BCUT2D eigenvalue weighted by molar-refractivity contribution is -0.167. The second kappa shape index (κ2) is 12.8. The SMILES string of the molecule is CC1CCC(N2C(=O)C3CCCCC3[C@@H](C(=O)NCCN3CCOCC3)[C@@H]2C2CCC(CO)CC2)NC1. The molecule has 3 heterocycles. The standard InChI is InChI=1S/C29H50N4O4/c1-20-6-11-25(31-18-20)33-27(22-9-7-21(19-34)8-10-22)26(23-4-2-3-5-24(23)29(33)36)28(35)30-12-13-32-14-16-37-17-15-32/h20-27,31,34H,2-19H2,1H3,(H,30,35)/t20?,21?,22?,23?,24?,25?,26-,27+/m1/s1. The third-order valence-electron chi connectivity index (χ3n) is 10.3. The molecule has 37 heavy (non-hydrogen) atoms. The number of morpholine rings is 1. The fourth-order valence-electron chi connectivity index (χ4n) is 8.11. The highest BCUT2D eigenvalue weighted by atomic mass is 16.5. The third kappa shape index (κ3) is 6.18. The summed E-state index contributed by atoms with van der Waals surface area (Å²) < 4.78 is 5.48. The molecule has 6 atom stereocenters. The molecule has 0 radical (unpaired) electrons. The fourth-order valence-corrected chi connectivity index (χ4v) is 8.11. The molecule has 8 heteroatoms. The van der Waals surface area contributed by atoms with Gasteiger partial charge < -0.3 is 20.1 Å². The summed E-state index contributed by atoms with van der Waals surface area (Å²) in [5.41, 5.74) is 0. The van der Waals surface area contributed by atoms with Crippen molar-refractivity contribution in [3.8, 4) is 0 Å². The smallest absolute Gasteiger partial charge is 0.227 e. The van der Waals surface area contributed by atoms with Crippen molar-refractivity contribution >= 4 is 11.8 Å². The van der Waals surface area contributed by atoms with Gasteiger partial charge in [0, 0.05) is 44.7 Å². The van der Waals surface area contributed by atoms with Crippen LogP contribution in [-0.4, -0.2) is 91.5 Å². The minimum Gasteiger partial charge on any atom is -0.396 e. The summed E-state index contributed by atoms with van der Waals surface area (Å²) in [4.78, 5) is 32.9. The van der Waals surface area contributed by atoms with Crippen molar-refractivity contribution in [3.63, 3.8) is 0 Å². The van der Waals surface area contributed by atoms with Gasteiger partial charge in [-0.1, -0.05) is 19.8 Å². The van der Waals surface area contributed by atoms with Crippen molar-refractivity contribution in [3.05, 3.63) is 0 Å². The Labute approximate surface area is 223 Å². The minimum atomic E-state index is -0.135. The summed E-state index contributed by atoms with van der Waals surface area (Å²) in [6.07, 6.45) is 10.2. The summed E-state index contributed by atoms with van der Waals surface area (Å²) >= 11 is 0. The molecule has 3 saturated heterocycles. The van der Waals surface area contributed by atoms with E-state index in [0.29, 0.717) is 30.2 Å². The first-order valence-corrected chi connectivity index (χ1v) is 15.3. The molecule has 8 nitrogen and oxygen atoms in total. The number of aliphatic hydroxyl groups excluding tert-OH is 1. The van der Waals surface area contributed by atoms with Gasteiger partial charge in [0.05, 0.1) is 25.3 Å². The average Bonchev–Trinajstić information content (AvgIpc) is 2.94. The number of ether oxygens (including phenoxy) is 1. The number of nitrogens with one attached hydrogen (secondary N) is 2. The molecule has 5 rings (SSSR count). The topological polar surface area (TPSA) is 94.1 Å². The Hall–Kier alpha value is -1.22. The Morgan fingerprint density at radius 1 is 1.05 bits per heavy atom. The van der Waals surface area contributed by atoms with E-state index in [2.05, 4.69) is 27.4 Å². The van der Waals surface area contributed by atoms with E-state index in [4.69, 9.17) is 4.74 Å². The average molecular weight is 519 g/mol. The van der Waals surface area contributed by atoms with Gasteiger partial charge >= 0.3 is 0 Å². The van der Waals surface area contributed by atoms with Gasteiger partial charge in [-0.05, 0) is 81.6 Å². The highest BCUT2D eigenvalue weighted by Gasteiger charge is 2.55. The summed E-state index contributed by atoms with van der Waals surface area (Å²) in [5, 5.41) is 16.8. The van der Waals surface area contributed by atoms with Crippen LogP contribution in [0.4, 0.5) is 0 Å². The molecule has 0 spiro atoms. The fraction of sp³-hybridized carbons (Fsp3) is 0.931. The highest BCUT2D eigenvalue weighted by molar-refractivity contribution is 5.87. The summed E-state index contributed by atoms with van der Waals surface area (Å²) in [6.45, 7) is 8.35. The van der Waals surface area contributed by atoms with Gasteiger partial charge in [0.2, 0.25) is 11.8 Å². The molecule has 2 amide bonds. The number of piperidine rings is 2. The van der Waals surface area contributed by atoms with Crippen molar-refractivity contribution in [2.45, 2.75) is 83.3 Å². The lowest BCUT2D eigenvalue weighted by Gasteiger charge is -2.56. The predicted octanol–water partition coefficient (Wildman–Crippen LogP) is 2.21. The van der Waals surface area contributed by atoms with Crippen LogP contribution in [0.3, 0.4) is 0 Å². The van der Waals surface area contributed by atoms with Gasteiger partial charge in [-0.3, -0.25) is 19.8 Å². The number of rotatable bonds is 7. The molecule has 0 aromatic heterocycles. The van der Waals surface area contributed by atoms with Crippen LogP contribution in [0.2, 0.25) is 0 Å². The first-order chi connectivity index (χ1) is 18.1. The normalized spacial score (nSPS) is 39.7. The maximum absolute atomic E-state index is 14.2. The van der Waals surface area contributed by atoms with Crippen molar-refractivity contribution in [2.75, 3.05) is 52.5 Å². The molecule has 0 aromatic rings. The summed E-state index contributed by atoms with van der Waals surface area (Å²) in [5.74, 6) is 1.79. The third-order valence-corrected chi connectivity index (χ3v) is 10.3. The van der Waals surface area contributed by atoms with E-state index in [1.807, 2.05) is 0 Å². The molecular formula is C29H50N4O4. The number of aliphatic hydroxyl groups is 1. The molecular weight excluding hydrogens is 468 g/mol. The number of hydrogen-bond donors (Lipinski definition) is 3. The van der Waals surface area contributed by atoms with Crippen LogP contribution >= 0.6 is 0 Å². The second-order valence-corrected chi connectivity index (χ2v) is 12.6. The Bertz CT molecular complexity index is 759. The number of amides is 2. The van der Waals surface area contributed by atoms with Crippen LogP contribution in [0.15, 0.2) is 0 Å². The summed E-state index contributed by atoms with van der Waals surface area (Å²) in [6, 6.07) is -0.0409. The van der Waals surface area contributed by atoms with Crippen LogP contribution in [0.1, 0.15) is 71.1 Å². The van der Waals surface area contributed by atoms with E-state index in [1.54, 1.807) is 0 Å². The van der Waals surface area contributed by atoms with Gasteiger partial charge in [-0.25, -0.2) is 0 Å². The molecule has 3 aliphatic heterocycles. The molecule has 4 unspecified atom stereocenters. The van der Waals surface area contributed by atoms with Gasteiger partial charge in [-0.15, -0.1) is 0 Å². The van der Waals surface area contributed by atoms with Crippen LogP contribution < -0.4 is 10.6 Å². The van der Waals surface area contributed by atoms with E-state index in [1.165, 1.54) is 0 Å². The van der Waals surface area contributed by atoms with Crippen molar-refractivity contribution < 1.29 is 19.4 Å². The van der Waals surface area contributed by atoms with E-state index < -0.39 is 0 Å². The van der Waals surface area contributed by atoms with E-state index >= 15 is 0 Å². The molecule has 2 aliphatic carbocycles. The van der Waals surface area contributed by atoms with E-state index in [0.717, 1.165) is 104 Å². The monoisotopic (exact) mass is 518 g/mol. The number of nitrogens with zero attached hydrogens (tertiary/aromatic N) is 2. The molecule has 3 N–H and O–H groups in total. The largest absolute Gasteiger partial charge is 0.396 e. The van der Waals surface area contributed by atoms with Gasteiger partial charge in [0.25, 0.3) is 0 Å². The molecule has 210 valence electrons. The molecule has 5 aliphatic rings. The highest BCUT2D eigenvalue weighted by Crippen LogP contribution is 2.48. The Morgan fingerprint density at radius 3 is 2.51 bits per heavy atom. The molecule has 0 aromatic carbocycles. The minimum absolute atomic E-state index is 0.0186. The first-order valence-electron chi connectivity index (χ1n) is 15.3. The van der Waals surface area contributed by atoms with E-state index in [-0.39, 0.29) is 42.5 Å².